The van der Waals surface area contributed by atoms with E-state index < -0.39 is 5.92 Å². The lowest BCUT2D eigenvalue weighted by Crippen LogP contribution is -2.22. The molecule has 0 aromatic carbocycles. The molecule has 0 radical (unpaired) electrons. The summed E-state index contributed by atoms with van der Waals surface area (Å²) in [5.74, 6) is -1.15. The zero-order valence-corrected chi connectivity index (χ0v) is 5.56. The SMILES string of the molecule is N#CC(CN)C(=O)CCl. The summed E-state index contributed by atoms with van der Waals surface area (Å²) in [6, 6.07) is 1.74. The lowest BCUT2D eigenvalue weighted by Gasteiger charge is -1.98. The van der Waals surface area contributed by atoms with Gasteiger partial charge in [-0.05, 0) is 0 Å². The van der Waals surface area contributed by atoms with Gasteiger partial charge < -0.3 is 5.73 Å². The first-order valence-corrected chi connectivity index (χ1v) is 2.98. The van der Waals surface area contributed by atoms with E-state index in [4.69, 9.17) is 22.6 Å². The highest BCUT2D eigenvalue weighted by molar-refractivity contribution is 6.28. The van der Waals surface area contributed by atoms with Crippen molar-refractivity contribution in [3.05, 3.63) is 0 Å². The highest BCUT2D eigenvalue weighted by Crippen LogP contribution is 1.94. The van der Waals surface area contributed by atoms with Gasteiger partial charge in [0.15, 0.2) is 5.78 Å². The van der Waals surface area contributed by atoms with Gasteiger partial charge in [-0.15, -0.1) is 11.6 Å². The minimum Gasteiger partial charge on any atom is -0.329 e. The first-order valence-electron chi connectivity index (χ1n) is 2.44. The number of nitriles is 1. The van der Waals surface area contributed by atoms with Gasteiger partial charge in [0.05, 0.1) is 11.9 Å². The lowest BCUT2D eigenvalue weighted by atomic mass is 10.1. The van der Waals surface area contributed by atoms with Gasteiger partial charge in [-0.1, -0.05) is 0 Å². The Hall–Kier alpha value is -0.590. The molecular formula is C5H7ClN2O. The van der Waals surface area contributed by atoms with Gasteiger partial charge >= 0.3 is 0 Å². The Bertz CT molecular complexity index is 140. The van der Waals surface area contributed by atoms with E-state index in [2.05, 4.69) is 0 Å². The molecule has 2 N–H and O–H groups in total. The van der Waals surface area contributed by atoms with E-state index in [1.165, 1.54) is 0 Å². The molecule has 50 valence electrons. The third-order valence-electron chi connectivity index (χ3n) is 0.912. The predicted molar refractivity (Wildman–Crippen MR) is 33.9 cm³/mol. The quantitative estimate of drug-likeness (QED) is 0.565. The maximum atomic E-state index is 10.5. The fourth-order valence-corrected chi connectivity index (χ4v) is 0.536. The fraction of sp³-hybridized carbons (Fsp3) is 0.600. The Morgan fingerprint density at radius 1 is 1.89 bits per heavy atom. The molecule has 0 saturated carbocycles. The molecule has 0 aromatic heterocycles. The number of alkyl halides is 1. The molecule has 9 heavy (non-hydrogen) atoms. The Balaban J connectivity index is 3.84. The largest absolute Gasteiger partial charge is 0.329 e. The first kappa shape index (κ1) is 8.41. The van der Waals surface area contributed by atoms with Crippen LogP contribution in [-0.4, -0.2) is 18.2 Å². The van der Waals surface area contributed by atoms with Crippen molar-refractivity contribution < 1.29 is 4.79 Å². The molecule has 3 nitrogen and oxygen atoms in total. The van der Waals surface area contributed by atoms with Crippen LogP contribution in [0.2, 0.25) is 0 Å². The van der Waals surface area contributed by atoms with Gasteiger partial charge in [-0.3, -0.25) is 4.79 Å². The van der Waals surface area contributed by atoms with Gasteiger partial charge in [0.2, 0.25) is 0 Å². The maximum Gasteiger partial charge on any atom is 0.165 e. The molecular weight excluding hydrogens is 140 g/mol. The van der Waals surface area contributed by atoms with Crippen LogP contribution in [0.25, 0.3) is 0 Å². The molecule has 0 rings (SSSR count). The standard InChI is InChI=1S/C5H7ClN2O/c6-1-5(9)4(2-7)3-8/h4H,1-2,7H2. The Kier molecular flexibility index (Phi) is 4.02. The van der Waals surface area contributed by atoms with Crippen molar-refractivity contribution >= 4 is 17.4 Å². The predicted octanol–water partition coefficient (Wildman–Crippen LogP) is -0.107. The van der Waals surface area contributed by atoms with Crippen LogP contribution >= 0.6 is 11.6 Å². The van der Waals surface area contributed by atoms with Crippen LogP contribution in [0.3, 0.4) is 0 Å². The summed E-state index contributed by atoms with van der Waals surface area (Å²) in [6.45, 7) is 0.0576. The molecule has 4 heteroatoms. The number of hydrogen-bond donors (Lipinski definition) is 1. The van der Waals surface area contributed by atoms with E-state index in [0.717, 1.165) is 0 Å². The fourth-order valence-electron chi connectivity index (χ4n) is 0.349. The van der Waals surface area contributed by atoms with Crippen molar-refractivity contribution in [1.82, 2.24) is 0 Å². The molecule has 0 aliphatic heterocycles. The van der Waals surface area contributed by atoms with Crippen LogP contribution < -0.4 is 5.73 Å². The summed E-state index contributed by atoms with van der Waals surface area (Å²) < 4.78 is 0. The zero-order chi connectivity index (χ0) is 7.28. The highest BCUT2D eigenvalue weighted by atomic mass is 35.5. The summed E-state index contributed by atoms with van der Waals surface area (Å²) in [5, 5.41) is 8.22. The lowest BCUT2D eigenvalue weighted by molar-refractivity contribution is -0.118. The van der Waals surface area contributed by atoms with Gasteiger partial charge in [0.25, 0.3) is 0 Å². The smallest absolute Gasteiger partial charge is 0.165 e. The minimum atomic E-state index is -0.720. The molecule has 0 spiro atoms. The van der Waals surface area contributed by atoms with Crippen LogP contribution in [0, 0.1) is 17.2 Å². The number of nitrogens with two attached hydrogens (primary N) is 1. The van der Waals surface area contributed by atoms with Crippen LogP contribution in [0.15, 0.2) is 0 Å². The van der Waals surface area contributed by atoms with E-state index in [1.807, 2.05) is 0 Å². The number of ketones is 1. The molecule has 0 amide bonds. The second-order valence-electron chi connectivity index (χ2n) is 1.52. The van der Waals surface area contributed by atoms with Crippen molar-refractivity contribution in [2.45, 2.75) is 0 Å². The molecule has 1 unspecified atom stereocenters. The normalized spacial score (nSPS) is 12.1. The van der Waals surface area contributed by atoms with E-state index in [1.54, 1.807) is 6.07 Å². The van der Waals surface area contributed by atoms with Crippen molar-refractivity contribution in [1.29, 1.82) is 5.26 Å². The van der Waals surface area contributed by atoms with Gasteiger partial charge in [-0.25, -0.2) is 0 Å². The number of halogens is 1. The van der Waals surface area contributed by atoms with Crippen molar-refractivity contribution in [2.75, 3.05) is 12.4 Å². The van der Waals surface area contributed by atoms with E-state index in [9.17, 15) is 4.79 Å². The number of hydrogen-bond acceptors (Lipinski definition) is 3. The topological polar surface area (TPSA) is 66.9 Å². The molecule has 1 atom stereocenters. The Morgan fingerprint density at radius 3 is 2.56 bits per heavy atom. The molecule has 0 saturated heterocycles. The molecule has 0 bridgehead atoms. The van der Waals surface area contributed by atoms with Crippen LogP contribution in [-0.2, 0) is 4.79 Å². The van der Waals surface area contributed by atoms with Crippen molar-refractivity contribution in [2.24, 2.45) is 11.7 Å². The third-order valence-corrected chi connectivity index (χ3v) is 1.18. The number of carbonyl (C=O) groups excluding carboxylic acids is 1. The summed E-state index contributed by atoms with van der Waals surface area (Å²) in [7, 11) is 0. The molecule has 0 fully saturated rings. The Morgan fingerprint density at radius 2 is 2.44 bits per heavy atom. The van der Waals surface area contributed by atoms with E-state index in [0.29, 0.717) is 0 Å². The molecule has 0 aliphatic rings. The summed E-state index contributed by atoms with van der Waals surface area (Å²) >= 11 is 5.15. The van der Waals surface area contributed by atoms with E-state index in [-0.39, 0.29) is 18.2 Å². The van der Waals surface area contributed by atoms with Crippen LogP contribution in [0.4, 0.5) is 0 Å². The van der Waals surface area contributed by atoms with Crippen molar-refractivity contribution in [3.8, 4) is 6.07 Å². The van der Waals surface area contributed by atoms with Crippen LogP contribution in [0.1, 0.15) is 0 Å². The van der Waals surface area contributed by atoms with Gasteiger partial charge in [-0.2, -0.15) is 5.26 Å². The van der Waals surface area contributed by atoms with Gasteiger partial charge in [0.1, 0.15) is 5.92 Å². The van der Waals surface area contributed by atoms with Gasteiger partial charge in [0, 0.05) is 6.54 Å². The first-order chi connectivity index (χ1) is 4.26. The monoisotopic (exact) mass is 146 g/mol. The zero-order valence-electron chi connectivity index (χ0n) is 4.80. The molecule has 0 aromatic rings. The molecule has 0 heterocycles. The average Bonchev–Trinajstić information content (AvgIpc) is 1.90. The number of carbonyl (C=O) groups is 1. The second-order valence-corrected chi connectivity index (χ2v) is 1.78. The third kappa shape index (κ3) is 2.45. The average molecular weight is 147 g/mol. The number of rotatable bonds is 3. The summed E-state index contributed by atoms with van der Waals surface area (Å²) in [6.07, 6.45) is 0. The number of nitrogens with zero attached hydrogens (tertiary/aromatic N) is 1. The highest BCUT2D eigenvalue weighted by Gasteiger charge is 2.13. The van der Waals surface area contributed by atoms with Crippen LogP contribution in [0.5, 0.6) is 0 Å². The Labute approximate surface area is 58.4 Å². The second kappa shape index (κ2) is 4.30. The maximum absolute atomic E-state index is 10.5. The van der Waals surface area contributed by atoms with E-state index >= 15 is 0 Å². The summed E-state index contributed by atoms with van der Waals surface area (Å²) in [4.78, 5) is 10.5. The molecule has 0 aliphatic carbocycles. The van der Waals surface area contributed by atoms with Crippen molar-refractivity contribution in [3.63, 3.8) is 0 Å². The minimum absolute atomic E-state index is 0.0576. The summed E-state index contributed by atoms with van der Waals surface area (Å²) in [5.41, 5.74) is 5.06. The number of Topliss-reactive ketones (excluding diaryl/α,β-unsaturated/α-hetero) is 1.